The maximum atomic E-state index is 8.76. The van der Waals surface area contributed by atoms with Crippen molar-refractivity contribution in [2.24, 2.45) is 0 Å². The summed E-state index contributed by atoms with van der Waals surface area (Å²) in [6.45, 7) is 0.963. The molecule has 0 aliphatic rings. The zero-order chi connectivity index (χ0) is 14.4. The van der Waals surface area contributed by atoms with Gasteiger partial charge in [0.15, 0.2) is 11.0 Å². The minimum atomic E-state index is 0.0116. The van der Waals surface area contributed by atoms with Gasteiger partial charge in [-0.05, 0) is 23.2 Å². The third-order valence-corrected chi connectivity index (χ3v) is 2.90. The minimum absolute atomic E-state index is 0.0116. The van der Waals surface area contributed by atoms with Gasteiger partial charge in [-0.3, -0.25) is 4.98 Å². The molecule has 6 nitrogen and oxygen atoms in total. The number of pyridine rings is 1. The van der Waals surface area contributed by atoms with E-state index in [-0.39, 0.29) is 10.4 Å². The van der Waals surface area contributed by atoms with Crippen molar-refractivity contribution in [2.45, 2.75) is 13.0 Å². The molecule has 102 valence electrons. The Balaban J connectivity index is 2.27. The van der Waals surface area contributed by atoms with Crippen LogP contribution in [0.25, 0.3) is 0 Å². The summed E-state index contributed by atoms with van der Waals surface area (Å²) < 4.78 is 0. The largest absolute Gasteiger partial charge is 0.348 e. The number of aromatic nitrogens is 4. The van der Waals surface area contributed by atoms with Crippen molar-refractivity contribution in [3.05, 3.63) is 40.5 Å². The lowest BCUT2D eigenvalue weighted by molar-refractivity contribution is 0.768. The molecule has 0 N–H and O–H groups in total. The summed E-state index contributed by atoms with van der Waals surface area (Å²) in [7, 11) is 0. The van der Waals surface area contributed by atoms with Crippen LogP contribution in [-0.4, -0.2) is 26.7 Å². The van der Waals surface area contributed by atoms with Gasteiger partial charge in [0.05, 0.1) is 12.5 Å². The van der Waals surface area contributed by atoms with Crippen LogP contribution in [0, 0.1) is 11.3 Å². The number of nitrogens with zero attached hydrogens (tertiary/aromatic N) is 6. The van der Waals surface area contributed by atoms with Gasteiger partial charge in [-0.25, -0.2) is 0 Å². The quantitative estimate of drug-likeness (QED) is 0.844. The van der Waals surface area contributed by atoms with Crippen LogP contribution in [-0.2, 0) is 6.54 Å². The monoisotopic (exact) mass is 308 g/mol. The molecular formula is C12H10Cl2N6. The molecule has 0 saturated carbocycles. The molecule has 20 heavy (non-hydrogen) atoms. The third kappa shape index (κ3) is 3.76. The first-order valence-electron chi connectivity index (χ1n) is 5.77. The van der Waals surface area contributed by atoms with E-state index in [1.54, 1.807) is 12.4 Å². The number of anilines is 1. The highest BCUT2D eigenvalue weighted by atomic mass is 35.5. The van der Waals surface area contributed by atoms with E-state index in [0.717, 1.165) is 5.56 Å². The van der Waals surface area contributed by atoms with Crippen LogP contribution in [0.5, 0.6) is 0 Å². The van der Waals surface area contributed by atoms with Crippen molar-refractivity contribution >= 4 is 29.0 Å². The first-order valence-corrected chi connectivity index (χ1v) is 6.53. The smallest absolute Gasteiger partial charge is 0.245 e. The van der Waals surface area contributed by atoms with Gasteiger partial charge in [0.1, 0.15) is 0 Å². The van der Waals surface area contributed by atoms with Crippen LogP contribution in [0.4, 0.5) is 5.82 Å². The van der Waals surface area contributed by atoms with Gasteiger partial charge >= 0.3 is 0 Å². The van der Waals surface area contributed by atoms with Gasteiger partial charge < -0.3 is 4.90 Å². The third-order valence-electron chi connectivity index (χ3n) is 2.49. The zero-order valence-corrected chi connectivity index (χ0v) is 11.9. The lowest BCUT2D eigenvalue weighted by atomic mass is 10.2. The van der Waals surface area contributed by atoms with Gasteiger partial charge in [-0.2, -0.15) is 10.2 Å². The molecule has 0 unspecified atom stereocenters. The molecule has 2 aromatic rings. The van der Waals surface area contributed by atoms with Crippen LogP contribution in [0.15, 0.2) is 24.5 Å². The predicted octanol–water partition coefficient (Wildman–Crippen LogP) is 2.49. The number of hydrogen-bond acceptors (Lipinski definition) is 6. The summed E-state index contributed by atoms with van der Waals surface area (Å²) in [5.74, 6) is 0.408. The second-order valence-corrected chi connectivity index (χ2v) is 4.58. The topological polar surface area (TPSA) is 78.6 Å². The van der Waals surface area contributed by atoms with E-state index in [4.69, 9.17) is 28.5 Å². The maximum absolute atomic E-state index is 8.76. The van der Waals surface area contributed by atoms with E-state index in [1.165, 1.54) is 0 Å². The molecule has 0 aliphatic carbocycles. The molecule has 0 bridgehead atoms. The van der Waals surface area contributed by atoms with E-state index in [9.17, 15) is 0 Å². The van der Waals surface area contributed by atoms with Crippen molar-refractivity contribution < 1.29 is 0 Å². The fraction of sp³-hybridized carbons (Fsp3) is 0.250. The Morgan fingerprint density at radius 3 is 2.85 bits per heavy atom. The normalized spacial score (nSPS) is 10.1. The summed E-state index contributed by atoms with van der Waals surface area (Å²) in [5, 5.41) is 16.2. The summed E-state index contributed by atoms with van der Waals surface area (Å²) in [5.41, 5.74) is 0.969. The summed E-state index contributed by atoms with van der Waals surface area (Å²) >= 11 is 11.8. The number of halogens is 2. The van der Waals surface area contributed by atoms with Crippen LogP contribution >= 0.6 is 23.2 Å². The number of nitriles is 1. The highest BCUT2D eigenvalue weighted by Crippen LogP contribution is 2.23. The Bertz CT molecular complexity index is 613. The number of rotatable bonds is 5. The maximum Gasteiger partial charge on any atom is 0.245 e. The second-order valence-electron chi connectivity index (χ2n) is 3.89. The molecule has 2 aromatic heterocycles. The summed E-state index contributed by atoms with van der Waals surface area (Å²) in [4.78, 5) is 9.95. The Morgan fingerprint density at radius 2 is 2.15 bits per heavy atom. The average molecular weight is 309 g/mol. The Hall–Kier alpha value is -1.97. The van der Waals surface area contributed by atoms with Crippen LogP contribution < -0.4 is 4.90 Å². The van der Waals surface area contributed by atoms with E-state index in [1.807, 2.05) is 17.0 Å². The first-order chi connectivity index (χ1) is 9.70. The van der Waals surface area contributed by atoms with Gasteiger partial charge in [0.25, 0.3) is 0 Å². The lowest BCUT2D eigenvalue weighted by Crippen LogP contribution is -2.25. The van der Waals surface area contributed by atoms with E-state index >= 15 is 0 Å². The van der Waals surface area contributed by atoms with Gasteiger partial charge in [-0.1, -0.05) is 17.7 Å². The summed E-state index contributed by atoms with van der Waals surface area (Å²) in [6, 6.07) is 5.86. The predicted molar refractivity (Wildman–Crippen MR) is 75.4 cm³/mol. The van der Waals surface area contributed by atoms with E-state index in [2.05, 4.69) is 26.2 Å². The molecule has 8 heteroatoms. The van der Waals surface area contributed by atoms with Gasteiger partial charge in [0, 0.05) is 25.5 Å². The standard InChI is InChI=1S/C12H10Cl2N6/c13-10-11(17-12(14)19-18-10)20(6-2-4-15)8-9-3-1-5-16-7-9/h1,3,5,7H,2,6,8H2. The zero-order valence-electron chi connectivity index (χ0n) is 10.4. The Kier molecular flexibility index (Phi) is 5.04. The molecule has 2 heterocycles. The Morgan fingerprint density at radius 1 is 1.30 bits per heavy atom. The number of hydrogen-bond donors (Lipinski definition) is 0. The van der Waals surface area contributed by atoms with Crippen LogP contribution in [0.1, 0.15) is 12.0 Å². The Labute approximate surface area is 126 Å². The SMILES string of the molecule is N#CCCN(Cc1cccnc1)c1nc(Cl)nnc1Cl. The fourth-order valence-corrected chi connectivity index (χ4v) is 1.96. The van der Waals surface area contributed by atoms with Crippen LogP contribution in [0.3, 0.4) is 0 Å². The van der Waals surface area contributed by atoms with Gasteiger partial charge in [0.2, 0.25) is 5.28 Å². The highest BCUT2D eigenvalue weighted by Gasteiger charge is 2.15. The van der Waals surface area contributed by atoms with E-state index in [0.29, 0.717) is 25.3 Å². The second kappa shape index (κ2) is 6.98. The van der Waals surface area contributed by atoms with Crippen molar-refractivity contribution in [1.82, 2.24) is 20.2 Å². The molecule has 0 atom stereocenters. The highest BCUT2D eigenvalue weighted by molar-refractivity contribution is 6.32. The molecule has 0 saturated heterocycles. The lowest BCUT2D eigenvalue weighted by Gasteiger charge is -2.22. The van der Waals surface area contributed by atoms with Crippen molar-refractivity contribution in [1.29, 1.82) is 5.26 Å². The minimum Gasteiger partial charge on any atom is -0.348 e. The molecule has 0 radical (unpaired) electrons. The molecule has 0 aliphatic heterocycles. The van der Waals surface area contributed by atoms with Crippen LogP contribution in [0.2, 0.25) is 10.4 Å². The van der Waals surface area contributed by atoms with E-state index < -0.39 is 0 Å². The molecule has 2 rings (SSSR count). The summed E-state index contributed by atoms with van der Waals surface area (Å²) in [6.07, 6.45) is 3.76. The average Bonchev–Trinajstić information content (AvgIpc) is 2.47. The molecule has 0 amide bonds. The molecule has 0 spiro atoms. The molecular weight excluding hydrogens is 299 g/mol. The first kappa shape index (κ1) is 14.4. The van der Waals surface area contributed by atoms with Crippen molar-refractivity contribution in [2.75, 3.05) is 11.4 Å². The molecule has 0 aromatic carbocycles. The van der Waals surface area contributed by atoms with Crippen molar-refractivity contribution in [3.63, 3.8) is 0 Å². The fourth-order valence-electron chi connectivity index (χ4n) is 1.64. The van der Waals surface area contributed by atoms with Crippen molar-refractivity contribution in [3.8, 4) is 6.07 Å². The van der Waals surface area contributed by atoms with Gasteiger partial charge in [-0.15, -0.1) is 10.2 Å². The molecule has 0 fully saturated rings.